The second kappa shape index (κ2) is 6.23. The van der Waals surface area contributed by atoms with Crippen molar-refractivity contribution in [1.29, 1.82) is 0 Å². The van der Waals surface area contributed by atoms with E-state index in [1.807, 2.05) is 63.4 Å². The summed E-state index contributed by atoms with van der Waals surface area (Å²) in [6.45, 7) is 6.01. The van der Waals surface area contributed by atoms with Gasteiger partial charge in [0.15, 0.2) is 0 Å². The summed E-state index contributed by atoms with van der Waals surface area (Å²) in [5.41, 5.74) is 1.11. The van der Waals surface area contributed by atoms with E-state index in [1.165, 1.54) is 0 Å². The monoisotopic (exact) mass is 387 g/mol. The predicted molar refractivity (Wildman–Crippen MR) is 108 cm³/mol. The molecule has 2 aliphatic heterocycles. The Morgan fingerprint density at radius 3 is 2.07 bits per heavy atom. The molecule has 2 aliphatic rings. The summed E-state index contributed by atoms with van der Waals surface area (Å²) in [6, 6.07) is 18.1. The van der Waals surface area contributed by atoms with E-state index < -0.39 is 7.43 Å². The van der Waals surface area contributed by atoms with E-state index in [0.29, 0.717) is 0 Å². The van der Waals surface area contributed by atoms with E-state index >= 15 is 0 Å². The third-order valence-corrected chi connectivity index (χ3v) is 10.00. The van der Waals surface area contributed by atoms with Gasteiger partial charge < -0.3 is 0 Å². The van der Waals surface area contributed by atoms with E-state index in [-0.39, 0.29) is 12.1 Å². The van der Waals surface area contributed by atoms with Crippen LogP contribution in [-0.4, -0.2) is 24.9 Å². The van der Waals surface area contributed by atoms with Crippen LogP contribution in [0.3, 0.4) is 0 Å². The molecule has 2 heterocycles. The number of allylic oxidation sites excluding steroid dienone is 2. The fourth-order valence-corrected chi connectivity index (χ4v) is 8.38. The van der Waals surface area contributed by atoms with Gasteiger partial charge in [-0.05, 0) is 0 Å². The van der Waals surface area contributed by atoms with Gasteiger partial charge in [0, 0.05) is 0 Å². The first-order valence-electron chi connectivity index (χ1n) is 9.11. The van der Waals surface area contributed by atoms with Crippen LogP contribution in [0.4, 0.5) is 0 Å². The average Bonchev–Trinajstić information content (AvgIpc) is 3.09. The fourth-order valence-electron chi connectivity index (χ4n) is 3.84. The van der Waals surface area contributed by atoms with E-state index in [0.717, 1.165) is 28.1 Å². The molecule has 0 unspecified atom stereocenters. The third-order valence-electron chi connectivity index (χ3n) is 5.60. The van der Waals surface area contributed by atoms with Gasteiger partial charge in [0.1, 0.15) is 0 Å². The summed E-state index contributed by atoms with van der Waals surface area (Å²) in [5.74, 6) is 2.30. The van der Waals surface area contributed by atoms with Gasteiger partial charge in [0.2, 0.25) is 0 Å². The molecule has 2 atom stereocenters. The number of hydrogen-bond acceptors (Lipinski definition) is 5. The van der Waals surface area contributed by atoms with Gasteiger partial charge in [-0.15, -0.1) is 0 Å². The van der Waals surface area contributed by atoms with Crippen molar-refractivity contribution in [2.45, 2.75) is 32.9 Å². The van der Waals surface area contributed by atoms with Crippen LogP contribution in [0.2, 0.25) is 0 Å². The molecule has 2 aromatic rings. The van der Waals surface area contributed by atoms with Crippen LogP contribution in [0.5, 0.6) is 5.75 Å². The summed E-state index contributed by atoms with van der Waals surface area (Å²) >= 11 is 0. The van der Waals surface area contributed by atoms with E-state index in [2.05, 4.69) is 23.7 Å². The van der Waals surface area contributed by atoms with Gasteiger partial charge in [-0.3, -0.25) is 0 Å². The van der Waals surface area contributed by atoms with Crippen LogP contribution >= 0.6 is 7.43 Å². The van der Waals surface area contributed by atoms with Crippen molar-refractivity contribution in [3.8, 4) is 5.75 Å². The van der Waals surface area contributed by atoms with Crippen molar-refractivity contribution in [2.75, 3.05) is 14.2 Å². The second-order valence-corrected chi connectivity index (χ2v) is 10.5. The molecule has 1 saturated heterocycles. The fraction of sp³-hybridized carbons (Fsp3) is 0.333. The van der Waals surface area contributed by atoms with Crippen molar-refractivity contribution in [3.63, 3.8) is 0 Å². The van der Waals surface area contributed by atoms with Crippen LogP contribution in [-0.2, 0) is 13.6 Å². The second-order valence-electron chi connectivity index (χ2n) is 7.09. The first-order valence-corrected chi connectivity index (χ1v) is 11.1. The Hall–Kier alpha value is -2.07. The first-order chi connectivity index (χ1) is 12.9. The zero-order valence-corrected chi connectivity index (χ0v) is 17.3. The maximum atomic E-state index is 6.84. The number of nitrogens with zero attached hydrogens (tertiary/aromatic N) is 1. The molecule has 0 bridgehead atoms. The molecule has 1 fully saturated rings. The number of rotatable bonds is 3. The van der Waals surface area contributed by atoms with Crippen molar-refractivity contribution in [3.05, 3.63) is 71.7 Å². The standard InChI is InChI=1S/C21H26NO4P/c1-15-21(18-9-7-6-8-10-18)26-27(22(15)4,24-16(2)17(3)25-27)20-13-11-19(23-5)12-14-20/h6-15,21H,1-5H3/t15-,21-/m0/s1. The molecule has 6 heteroatoms. The van der Waals surface area contributed by atoms with Crippen LogP contribution < -0.4 is 10.0 Å². The Balaban J connectivity index is 1.87. The molecule has 144 valence electrons. The van der Waals surface area contributed by atoms with Gasteiger partial charge in [0.05, 0.1) is 0 Å². The summed E-state index contributed by atoms with van der Waals surface area (Å²) in [7, 11) is -0.0846. The zero-order valence-electron chi connectivity index (χ0n) is 16.4. The maximum absolute atomic E-state index is 6.84. The van der Waals surface area contributed by atoms with Crippen LogP contribution in [0.15, 0.2) is 66.1 Å². The zero-order chi connectivity index (χ0) is 19.3. The molecule has 2 aromatic carbocycles. The number of methoxy groups -OCH3 is 1. The molecule has 5 nitrogen and oxygen atoms in total. The quantitative estimate of drug-likeness (QED) is 0.699. The Labute approximate surface area is 160 Å². The molecule has 0 aromatic heterocycles. The Morgan fingerprint density at radius 1 is 0.926 bits per heavy atom. The number of benzene rings is 2. The number of likely N-dealkylation sites (N-methyl/N-ethyl adjacent to an activating group) is 1. The van der Waals surface area contributed by atoms with E-state index in [9.17, 15) is 0 Å². The average molecular weight is 387 g/mol. The third kappa shape index (κ3) is 2.49. The molecule has 0 saturated carbocycles. The van der Waals surface area contributed by atoms with Crippen LogP contribution in [0.25, 0.3) is 0 Å². The van der Waals surface area contributed by atoms with Gasteiger partial charge in [-0.25, -0.2) is 0 Å². The molecule has 0 N–H and O–H groups in total. The Bertz CT molecular complexity index is 867. The van der Waals surface area contributed by atoms with Gasteiger partial charge in [-0.1, -0.05) is 0 Å². The first kappa shape index (κ1) is 18.3. The minimum absolute atomic E-state index is 0.0749. The minimum atomic E-state index is -3.77. The number of ether oxygens (including phenoxy) is 1. The van der Waals surface area contributed by atoms with Crippen molar-refractivity contribution in [2.24, 2.45) is 0 Å². The Kier molecular flexibility index (Phi) is 4.22. The van der Waals surface area contributed by atoms with Crippen LogP contribution in [0.1, 0.15) is 32.4 Å². The SMILES string of the molecule is COc1ccc(P23(OC(C)=C(C)O2)O[C@H](c2ccccc2)[C@H](C)N3C)cc1. The molecule has 1 spiro atoms. The summed E-state index contributed by atoms with van der Waals surface area (Å²) < 4.78 is 27.4. The van der Waals surface area contributed by atoms with Crippen molar-refractivity contribution in [1.82, 2.24) is 4.67 Å². The predicted octanol–water partition coefficient (Wildman–Crippen LogP) is 4.92. The molecule has 0 amide bonds. The van der Waals surface area contributed by atoms with Gasteiger partial charge in [0.25, 0.3) is 0 Å². The molecule has 27 heavy (non-hydrogen) atoms. The Morgan fingerprint density at radius 2 is 1.52 bits per heavy atom. The summed E-state index contributed by atoms with van der Waals surface area (Å²) in [5, 5.41) is 0.894. The molecular formula is C21H26NO4P. The number of hydrogen-bond donors (Lipinski definition) is 0. The van der Waals surface area contributed by atoms with E-state index in [1.54, 1.807) is 7.11 Å². The summed E-state index contributed by atoms with van der Waals surface area (Å²) in [4.78, 5) is 0. The topological polar surface area (TPSA) is 40.2 Å². The van der Waals surface area contributed by atoms with Gasteiger partial charge >= 0.3 is 160 Å². The van der Waals surface area contributed by atoms with E-state index in [4.69, 9.17) is 18.3 Å². The molecule has 0 radical (unpaired) electrons. The molecular weight excluding hydrogens is 361 g/mol. The van der Waals surface area contributed by atoms with Crippen molar-refractivity contribution < 1.29 is 18.3 Å². The normalized spacial score (nSPS) is 27.7. The van der Waals surface area contributed by atoms with Crippen molar-refractivity contribution >= 4 is 12.7 Å². The summed E-state index contributed by atoms with van der Waals surface area (Å²) in [6.07, 6.45) is -0.158. The van der Waals surface area contributed by atoms with Gasteiger partial charge in [-0.2, -0.15) is 0 Å². The van der Waals surface area contributed by atoms with Crippen LogP contribution in [0, 0.1) is 0 Å². The molecule has 0 aliphatic carbocycles. The molecule has 4 rings (SSSR count).